The second kappa shape index (κ2) is 11.8. The van der Waals surface area contributed by atoms with Crippen molar-refractivity contribution < 1.29 is 17.4 Å². The molecular formula is C27H25N5O4S2. The van der Waals surface area contributed by atoms with Crippen LogP contribution < -0.4 is 9.44 Å². The van der Waals surface area contributed by atoms with Crippen LogP contribution in [0.15, 0.2) is 96.9 Å². The van der Waals surface area contributed by atoms with Gasteiger partial charge in [0.25, 0.3) is 0 Å². The quantitative estimate of drug-likeness (QED) is 0.185. The summed E-state index contributed by atoms with van der Waals surface area (Å²) in [6, 6.07) is 15.6. The monoisotopic (exact) mass is 547 g/mol. The molecule has 0 aliphatic heterocycles. The molecule has 0 radical (unpaired) electrons. The number of aliphatic imine (C=N–C) groups is 1. The van der Waals surface area contributed by atoms with Crippen molar-refractivity contribution in [1.29, 1.82) is 0 Å². The summed E-state index contributed by atoms with van der Waals surface area (Å²) in [5.41, 5.74) is 3.88. The number of fused-ring (bicyclic) bond motifs is 1. The summed E-state index contributed by atoms with van der Waals surface area (Å²) in [6.45, 7) is 3.44. The Morgan fingerprint density at radius 2 is 1.92 bits per heavy atom. The first-order valence-corrected chi connectivity index (χ1v) is 14.6. The highest BCUT2D eigenvalue weighted by Gasteiger charge is 2.17. The molecular weight excluding hydrogens is 522 g/mol. The van der Waals surface area contributed by atoms with Crippen LogP contribution in [-0.4, -0.2) is 46.6 Å². The molecule has 0 bridgehead atoms. The molecule has 2 heterocycles. The lowest BCUT2D eigenvalue weighted by atomic mass is 10.0. The number of nitrogens with zero attached hydrogens (tertiary/aromatic N) is 2. The second-order valence-corrected chi connectivity index (χ2v) is 11.0. The Bertz CT molecular complexity index is 1690. The molecule has 38 heavy (non-hydrogen) atoms. The number of aromatic amines is 1. The Labute approximate surface area is 223 Å². The Morgan fingerprint density at radius 3 is 2.71 bits per heavy atom. The normalized spacial score (nSPS) is 12.7. The van der Waals surface area contributed by atoms with Gasteiger partial charge in [0.2, 0.25) is 10.0 Å². The van der Waals surface area contributed by atoms with Crippen LogP contribution in [0.5, 0.6) is 0 Å². The first kappa shape index (κ1) is 26.7. The van der Waals surface area contributed by atoms with Crippen molar-refractivity contribution in [2.24, 2.45) is 4.99 Å². The summed E-state index contributed by atoms with van der Waals surface area (Å²) in [7, 11) is -4.89. The van der Waals surface area contributed by atoms with Crippen molar-refractivity contribution in [3.8, 4) is 11.1 Å². The Hall–Kier alpha value is -4.35. The van der Waals surface area contributed by atoms with E-state index in [-0.39, 0.29) is 17.2 Å². The number of hydrogen-bond acceptors (Lipinski definition) is 6. The van der Waals surface area contributed by atoms with Crippen LogP contribution in [0.1, 0.15) is 15.9 Å². The first-order chi connectivity index (χ1) is 18.3. The van der Waals surface area contributed by atoms with E-state index in [1.54, 1.807) is 36.8 Å². The third-order valence-corrected chi connectivity index (χ3v) is 7.06. The van der Waals surface area contributed by atoms with Crippen molar-refractivity contribution in [2.75, 3.05) is 21.5 Å². The molecule has 0 fully saturated rings. The minimum absolute atomic E-state index is 0.254. The lowest BCUT2D eigenvalue weighted by Gasteiger charge is -2.08. The van der Waals surface area contributed by atoms with Crippen molar-refractivity contribution in [3.63, 3.8) is 0 Å². The van der Waals surface area contributed by atoms with Crippen LogP contribution in [0.2, 0.25) is 0 Å². The largest absolute Gasteiger partial charge is 0.345 e. The molecule has 0 amide bonds. The molecule has 0 aliphatic carbocycles. The number of nitrogens with one attached hydrogen (secondary N) is 3. The van der Waals surface area contributed by atoms with Gasteiger partial charge >= 0.3 is 0 Å². The highest BCUT2D eigenvalue weighted by Crippen LogP contribution is 2.28. The number of hydrogen-bond donors (Lipinski definition) is 3. The first-order valence-electron chi connectivity index (χ1n) is 11.4. The zero-order chi connectivity index (χ0) is 27.1. The van der Waals surface area contributed by atoms with Crippen LogP contribution in [0.3, 0.4) is 0 Å². The van der Waals surface area contributed by atoms with Crippen molar-refractivity contribution in [2.45, 2.75) is 0 Å². The van der Waals surface area contributed by atoms with Gasteiger partial charge in [0.05, 0.1) is 5.75 Å². The van der Waals surface area contributed by atoms with E-state index in [4.69, 9.17) is 0 Å². The summed E-state index contributed by atoms with van der Waals surface area (Å²) in [5.74, 6) is -0.538. The van der Waals surface area contributed by atoms with E-state index in [0.29, 0.717) is 27.8 Å². The van der Waals surface area contributed by atoms with E-state index in [1.807, 2.05) is 30.3 Å². The molecule has 0 saturated heterocycles. The fraction of sp³-hybridized carbons (Fsp3) is 0.0741. The third-order valence-electron chi connectivity index (χ3n) is 5.36. The van der Waals surface area contributed by atoms with Crippen LogP contribution >= 0.6 is 0 Å². The number of carbonyl (C=O) groups excluding carboxylic acids is 1. The van der Waals surface area contributed by atoms with Gasteiger partial charge in [-0.15, -0.1) is 0 Å². The molecule has 11 heteroatoms. The number of benzene rings is 2. The van der Waals surface area contributed by atoms with Gasteiger partial charge in [-0.25, -0.2) is 17.6 Å². The maximum absolute atomic E-state index is 13.4. The van der Waals surface area contributed by atoms with E-state index in [0.717, 1.165) is 11.1 Å². The molecule has 194 valence electrons. The number of H-pyrrole nitrogens is 1. The molecule has 4 aromatic rings. The predicted molar refractivity (Wildman–Crippen MR) is 154 cm³/mol. The van der Waals surface area contributed by atoms with Gasteiger partial charge in [0.15, 0.2) is 5.78 Å². The SMILES string of the molecule is C=CN=C/C=C\CS(=O)(=O)Nc1cccc(C(=O)c2c[nH]c3ncc(-c4cccc(NS(C)=O)c4)cc23)c1. The van der Waals surface area contributed by atoms with E-state index in [2.05, 4.69) is 31.0 Å². The van der Waals surface area contributed by atoms with Crippen LogP contribution in [0, 0.1) is 0 Å². The van der Waals surface area contributed by atoms with Gasteiger partial charge in [-0.2, -0.15) is 0 Å². The number of pyridine rings is 1. The number of anilines is 2. The summed E-state index contributed by atoms with van der Waals surface area (Å²) < 4.78 is 41.7. The van der Waals surface area contributed by atoms with Crippen molar-refractivity contribution in [1.82, 2.24) is 9.97 Å². The number of sulfonamides is 1. The molecule has 1 atom stereocenters. The molecule has 0 spiro atoms. The van der Waals surface area contributed by atoms with Gasteiger partial charge in [0.1, 0.15) is 16.6 Å². The number of aromatic nitrogens is 2. The lowest BCUT2D eigenvalue weighted by Crippen LogP contribution is -2.15. The molecule has 2 aromatic carbocycles. The maximum Gasteiger partial charge on any atom is 0.236 e. The molecule has 2 aromatic heterocycles. The van der Waals surface area contributed by atoms with E-state index < -0.39 is 21.0 Å². The van der Waals surface area contributed by atoms with E-state index >= 15 is 0 Å². The summed E-state index contributed by atoms with van der Waals surface area (Å²) >= 11 is 0. The highest BCUT2D eigenvalue weighted by atomic mass is 32.2. The van der Waals surface area contributed by atoms with E-state index in [9.17, 15) is 17.4 Å². The topological polar surface area (TPSA) is 133 Å². The van der Waals surface area contributed by atoms with Crippen LogP contribution in [0.25, 0.3) is 22.2 Å². The summed E-state index contributed by atoms with van der Waals surface area (Å²) in [4.78, 5) is 24.7. The average Bonchev–Trinajstić information content (AvgIpc) is 3.31. The van der Waals surface area contributed by atoms with Gasteiger partial charge in [-0.1, -0.05) is 36.9 Å². The lowest BCUT2D eigenvalue weighted by molar-refractivity contribution is 0.104. The predicted octanol–water partition coefficient (Wildman–Crippen LogP) is 4.68. The minimum atomic E-state index is -3.68. The Morgan fingerprint density at radius 1 is 1.13 bits per heavy atom. The Kier molecular flexibility index (Phi) is 8.29. The summed E-state index contributed by atoms with van der Waals surface area (Å²) in [5, 5.41) is 0.627. The maximum atomic E-state index is 13.4. The highest BCUT2D eigenvalue weighted by molar-refractivity contribution is 7.92. The van der Waals surface area contributed by atoms with Gasteiger partial charge < -0.3 is 9.71 Å². The number of ketones is 1. The molecule has 0 saturated carbocycles. The fourth-order valence-electron chi connectivity index (χ4n) is 3.73. The van der Waals surface area contributed by atoms with Crippen molar-refractivity contribution in [3.05, 3.63) is 103 Å². The van der Waals surface area contributed by atoms with Gasteiger partial charge in [-0.3, -0.25) is 14.5 Å². The molecule has 3 N–H and O–H groups in total. The average molecular weight is 548 g/mol. The third kappa shape index (κ3) is 6.69. The van der Waals surface area contributed by atoms with Crippen LogP contribution in [0.4, 0.5) is 11.4 Å². The molecule has 9 nitrogen and oxygen atoms in total. The zero-order valence-corrected chi connectivity index (χ0v) is 22.1. The molecule has 4 rings (SSSR count). The van der Waals surface area contributed by atoms with Crippen LogP contribution in [-0.2, 0) is 21.0 Å². The standard InChI is InChI=1S/C27H25N5O4S2/c1-3-28-12-4-5-13-38(35,36)32-23-11-7-9-20(15-23)26(33)25-18-30-27-24(25)16-21(17-29-27)19-8-6-10-22(14-19)31-37(2)34/h3-12,14-18,31-32H,1,13H2,2H3,(H,29,30)/b5-4-,28-12?. The number of allylic oxidation sites excluding steroid dienone is 1. The fourth-order valence-corrected chi connectivity index (χ4v) is 5.12. The summed E-state index contributed by atoms with van der Waals surface area (Å²) in [6.07, 6.45) is 10.6. The van der Waals surface area contributed by atoms with E-state index in [1.165, 1.54) is 30.6 Å². The number of carbonyl (C=O) groups is 1. The molecule has 1 unspecified atom stereocenters. The molecule has 0 aliphatic rings. The van der Waals surface area contributed by atoms with Gasteiger partial charge in [0, 0.05) is 64.5 Å². The van der Waals surface area contributed by atoms with Crippen molar-refractivity contribution >= 4 is 55.4 Å². The minimum Gasteiger partial charge on any atom is -0.345 e. The Balaban J connectivity index is 1.59. The second-order valence-electron chi connectivity index (χ2n) is 8.16. The van der Waals surface area contributed by atoms with Gasteiger partial charge in [-0.05, 0) is 42.0 Å². The smallest absolute Gasteiger partial charge is 0.236 e. The number of rotatable bonds is 11. The zero-order valence-electron chi connectivity index (χ0n) is 20.4.